The zero-order chi connectivity index (χ0) is 14.1. The van der Waals surface area contributed by atoms with E-state index < -0.39 is 32.2 Å². The molecule has 1 amide bonds. The van der Waals surface area contributed by atoms with Gasteiger partial charge in [0.05, 0.1) is 5.56 Å². The van der Waals surface area contributed by atoms with E-state index in [2.05, 4.69) is 0 Å². The number of primary sulfonamides is 1. The monoisotopic (exact) mass is 294 g/mol. The van der Waals surface area contributed by atoms with Gasteiger partial charge >= 0.3 is 0 Å². The van der Waals surface area contributed by atoms with Gasteiger partial charge in [-0.2, -0.15) is 0 Å². The summed E-state index contributed by atoms with van der Waals surface area (Å²) in [5.74, 6) is -1.85. The number of sulfonamides is 1. The van der Waals surface area contributed by atoms with Crippen LogP contribution in [0.2, 0.25) is 5.02 Å². The molecule has 1 rings (SSSR count). The SMILES string of the molecule is CCN(C)C(=O)c1cc(Cl)cc(S(N)(=O)=O)c1F. The third-order valence-corrected chi connectivity index (χ3v) is 3.49. The highest BCUT2D eigenvalue weighted by atomic mass is 35.5. The van der Waals surface area contributed by atoms with Crippen molar-refractivity contribution in [1.82, 2.24) is 4.90 Å². The number of nitrogens with zero attached hydrogens (tertiary/aromatic N) is 1. The van der Waals surface area contributed by atoms with E-state index >= 15 is 0 Å². The van der Waals surface area contributed by atoms with Crippen LogP contribution in [0.25, 0.3) is 0 Å². The first-order chi connectivity index (χ1) is 8.18. The summed E-state index contributed by atoms with van der Waals surface area (Å²) in [6.07, 6.45) is 0. The Morgan fingerprint density at radius 2 is 2.06 bits per heavy atom. The predicted octanol–water partition coefficient (Wildman–Crippen LogP) is 1.22. The van der Waals surface area contributed by atoms with Crippen molar-refractivity contribution in [3.8, 4) is 0 Å². The fourth-order valence-corrected chi connectivity index (χ4v) is 2.21. The average molecular weight is 295 g/mol. The van der Waals surface area contributed by atoms with Gasteiger partial charge in [-0.3, -0.25) is 4.79 Å². The molecule has 8 heteroatoms. The number of hydrogen-bond donors (Lipinski definition) is 1. The van der Waals surface area contributed by atoms with Gasteiger partial charge in [0.15, 0.2) is 5.82 Å². The zero-order valence-corrected chi connectivity index (χ0v) is 11.3. The molecule has 0 saturated carbocycles. The fraction of sp³-hybridized carbons (Fsp3) is 0.300. The van der Waals surface area contributed by atoms with Crippen LogP contribution in [0, 0.1) is 5.82 Å². The second-order valence-corrected chi connectivity index (χ2v) is 5.60. The Labute approximate surface area is 109 Å². The van der Waals surface area contributed by atoms with Crippen LogP contribution in [-0.4, -0.2) is 32.8 Å². The van der Waals surface area contributed by atoms with E-state index in [-0.39, 0.29) is 5.02 Å². The molecule has 0 unspecified atom stereocenters. The van der Waals surface area contributed by atoms with E-state index in [1.165, 1.54) is 11.9 Å². The quantitative estimate of drug-likeness (QED) is 0.910. The van der Waals surface area contributed by atoms with Crippen molar-refractivity contribution < 1.29 is 17.6 Å². The fourth-order valence-electron chi connectivity index (χ4n) is 1.28. The third-order valence-electron chi connectivity index (χ3n) is 2.36. The van der Waals surface area contributed by atoms with Gasteiger partial charge in [0.25, 0.3) is 5.91 Å². The van der Waals surface area contributed by atoms with E-state index in [1.54, 1.807) is 6.92 Å². The van der Waals surface area contributed by atoms with Crippen LogP contribution in [-0.2, 0) is 10.0 Å². The van der Waals surface area contributed by atoms with Crippen molar-refractivity contribution >= 4 is 27.5 Å². The molecule has 1 aromatic rings. The van der Waals surface area contributed by atoms with Gasteiger partial charge in [-0.05, 0) is 19.1 Å². The second-order valence-electron chi connectivity index (χ2n) is 3.63. The third kappa shape index (κ3) is 2.98. The van der Waals surface area contributed by atoms with Gasteiger partial charge in [0.2, 0.25) is 10.0 Å². The molecule has 2 N–H and O–H groups in total. The molecule has 0 aliphatic carbocycles. The van der Waals surface area contributed by atoms with Crippen LogP contribution in [0.15, 0.2) is 17.0 Å². The molecule has 0 aliphatic rings. The summed E-state index contributed by atoms with van der Waals surface area (Å²) >= 11 is 5.66. The molecular formula is C10H12ClFN2O3S. The van der Waals surface area contributed by atoms with Crippen molar-refractivity contribution in [3.05, 3.63) is 28.5 Å². The van der Waals surface area contributed by atoms with Gasteiger partial charge in [-0.25, -0.2) is 17.9 Å². The molecule has 5 nitrogen and oxygen atoms in total. The number of amides is 1. The van der Waals surface area contributed by atoms with E-state index in [1.807, 2.05) is 0 Å². The lowest BCUT2D eigenvalue weighted by Gasteiger charge is -2.16. The minimum Gasteiger partial charge on any atom is -0.342 e. The zero-order valence-electron chi connectivity index (χ0n) is 9.78. The average Bonchev–Trinajstić information content (AvgIpc) is 2.28. The molecule has 0 aromatic heterocycles. The maximum absolute atomic E-state index is 13.9. The van der Waals surface area contributed by atoms with E-state index in [4.69, 9.17) is 16.7 Å². The van der Waals surface area contributed by atoms with E-state index in [0.29, 0.717) is 6.54 Å². The molecule has 0 saturated heterocycles. The number of halogens is 2. The molecule has 18 heavy (non-hydrogen) atoms. The van der Waals surface area contributed by atoms with Crippen LogP contribution in [0.3, 0.4) is 0 Å². The molecule has 0 radical (unpaired) electrons. The lowest BCUT2D eigenvalue weighted by molar-refractivity contribution is 0.0797. The maximum Gasteiger partial charge on any atom is 0.256 e. The second kappa shape index (κ2) is 5.21. The summed E-state index contributed by atoms with van der Waals surface area (Å²) < 4.78 is 36.3. The highest BCUT2D eigenvalue weighted by Crippen LogP contribution is 2.23. The topological polar surface area (TPSA) is 80.5 Å². The number of hydrogen-bond acceptors (Lipinski definition) is 3. The minimum atomic E-state index is -4.27. The first kappa shape index (κ1) is 14.9. The number of nitrogens with two attached hydrogens (primary N) is 1. The van der Waals surface area contributed by atoms with Crippen LogP contribution in [0.4, 0.5) is 4.39 Å². The standard InChI is InChI=1S/C10H12ClFN2O3S/c1-3-14(2)10(15)7-4-6(11)5-8(9(7)12)18(13,16)17/h4-5H,3H2,1-2H3,(H2,13,16,17). The van der Waals surface area contributed by atoms with Crippen LogP contribution in [0.1, 0.15) is 17.3 Å². The van der Waals surface area contributed by atoms with Gasteiger partial charge in [0, 0.05) is 18.6 Å². The Morgan fingerprint density at radius 3 is 2.50 bits per heavy atom. The number of rotatable bonds is 3. The molecule has 0 aliphatic heterocycles. The Hall–Kier alpha value is -1.18. The van der Waals surface area contributed by atoms with Crippen molar-refractivity contribution in [2.24, 2.45) is 5.14 Å². The molecule has 100 valence electrons. The summed E-state index contributed by atoms with van der Waals surface area (Å²) in [6, 6.07) is 1.94. The minimum absolute atomic E-state index is 0.0757. The lowest BCUT2D eigenvalue weighted by Crippen LogP contribution is -2.28. The van der Waals surface area contributed by atoms with Gasteiger partial charge in [-0.15, -0.1) is 0 Å². The smallest absolute Gasteiger partial charge is 0.256 e. The van der Waals surface area contributed by atoms with Crippen molar-refractivity contribution in [2.45, 2.75) is 11.8 Å². The Morgan fingerprint density at radius 1 is 1.50 bits per heavy atom. The van der Waals surface area contributed by atoms with Crippen molar-refractivity contribution in [3.63, 3.8) is 0 Å². The molecule has 0 heterocycles. The molecule has 0 fully saturated rings. The summed E-state index contributed by atoms with van der Waals surface area (Å²) in [4.78, 5) is 12.3. The highest BCUT2D eigenvalue weighted by molar-refractivity contribution is 7.89. The number of carbonyl (C=O) groups excluding carboxylic acids is 1. The molecule has 0 atom stereocenters. The maximum atomic E-state index is 13.9. The Bertz CT molecular complexity index is 589. The van der Waals surface area contributed by atoms with Crippen LogP contribution < -0.4 is 5.14 Å². The van der Waals surface area contributed by atoms with Crippen molar-refractivity contribution in [1.29, 1.82) is 0 Å². The first-order valence-electron chi connectivity index (χ1n) is 4.95. The van der Waals surface area contributed by atoms with Gasteiger partial charge < -0.3 is 4.90 Å². The molecular weight excluding hydrogens is 283 g/mol. The summed E-state index contributed by atoms with van der Waals surface area (Å²) in [5.41, 5.74) is -0.420. The van der Waals surface area contributed by atoms with Crippen molar-refractivity contribution in [2.75, 3.05) is 13.6 Å². The van der Waals surface area contributed by atoms with Gasteiger partial charge in [0.1, 0.15) is 4.90 Å². The lowest BCUT2D eigenvalue weighted by atomic mass is 10.2. The van der Waals surface area contributed by atoms with E-state index in [0.717, 1.165) is 12.1 Å². The molecule has 0 spiro atoms. The first-order valence-corrected chi connectivity index (χ1v) is 6.88. The number of benzene rings is 1. The molecule has 0 bridgehead atoms. The predicted molar refractivity (Wildman–Crippen MR) is 65.4 cm³/mol. The van der Waals surface area contributed by atoms with Crippen LogP contribution >= 0.6 is 11.6 Å². The summed E-state index contributed by atoms with van der Waals surface area (Å²) in [5, 5.41) is 4.78. The highest BCUT2D eigenvalue weighted by Gasteiger charge is 2.24. The van der Waals surface area contributed by atoms with E-state index in [9.17, 15) is 17.6 Å². The Balaban J connectivity index is 3.48. The normalized spacial score (nSPS) is 11.4. The number of carbonyl (C=O) groups is 1. The largest absolute Gasteiger partial charge is 0.342 e. The van der Waals surface area contributed by atoms with Gasteiger partial charge in [-0.1, -0.05) is 11.6 Å². The summed E-state index contributed by atoms with van der Waals surface area (Å²) in [7, 11) is -2.82. The Kier molecular flexibility index (Phi) is 4.31. The van der Waals surface area contributed by atoms with Crippen LogP contribution in [0.5, 0.6) is 0 Å². The summed E-state index contributed by atoms with van der Waals surface area (Å²) in [6.45, 7) is 2.04. The molecule has 1 aromatic carbocycles.